The first kappa shape index (κ1) is 15.2. The predicted molar refractivity (Wildman–Crippen MR) is 87.9 cm³/mol. The fraction of sp³-hybridized carbons (Fsp3) is 0.562. The van der Waals surface area contributed by atoms with Crippen molar-refractivity contribution in [1.82, 2.24) is 10.6 Å². The maximum atomic E-state index is 12.5. The van der Waals surface area contributed by atoms with Gasteiger partial charge < -0.3 is 10.6 Å². The molecule has 21 heavy (non-hydrogen) atoms. The highest BCUT2D eigenvalue weighted by atomic mass is 35.5. The Hall–Kier alpha value is -0.710. The summed E-state index contributed by atoms with van der Waals surface area (Å²) in [6.07, 6.45) is 2.83. The van der Waals surface area contributed by atoms with Gasteiger partial charge in [-0.1, -0.05) is 11.6 Å². The molecule has 3 unspecified atom stereocenters. The van der Waals surface area contributed by atoms with Crippen LogP contribution in [-0.2, 0) is 4.79 Å². The van der Waals surface area contributed by atoms with Crippen LogP contribution in [-0.4, -0.2) is 24.2 Å². The van der Waals surface area contributed by atoms with Gasteiger partial charge in [0.2, 0.25) is 5.91 Å². The molecule has 2 heterocycles. The maximum absolute atomic E-state index is 12.5. The second-order valence-corrected chi connectivity index (χ2v) is 7.53. The number of carbonyl (C=O) groups excluding carboxylic acids is 1. The molecule has 114 valence electrons. The molecule has 0 bridgehead atoms. The summed E-state index contributed by atoms with van der Waals surface area (Å²) in [5.41, 5.74) is 1.18. The lowest BCUT2D eigenvalue weighted by Gasteiger charge is -2.31. The number of piperidine rings is 1. The van der Waals surface area contributed by atoms with Crippen molar-refractivity contribution in [2.75, 3.05) is 12.3 Å². The van der Waals surface area contributed by atoms with E-state index in [0.717, 1.165) is 36.6 Å². The van der Waals surface area contributed by atoms with Crippen LogP contribution in [0.15, 0.2) is 23.1 Å². The van der Waals surface area contributed by atoms with Crippen molar-refractivity contribution in [3.63, 3.8) is 0 Å². The van der Waals surface area contributed by atoms with E-state index in [1.165, 1.54) is 10.5 Å². The zero-order valence-electron chi connectivity index (χ0n) is 12.2. The van der Waals surface area contributed by atoms with Crippen LogP contribution in [0.4, 0.5) is 0 Å². The third-order valence-electron chi connectivity index (χ3n) is 4.32. The van der Waals surface area contributed by atoms with E-state index in [1.807, 2.05) is 23.9 Å². The minimum absolute atomic E-state index is 0.109. The number of amides is 1. The summed E-state index contributed by atoms with van der Waals surface area (Å²) >= 11 is 7.96. The Labute approximate surface area is 135 Å². The number of halogens is 1. The molecule has 1 saturated heterocycles. The van der Waals surface area contributed by atoms with Gasteiger partial charge in [0.25, 0.3) is 0 Å². The Morgan fingerprint density at radius 2 is 2.29 bits per heavy atom. The van der Waals surface area contributed by atoms with E-state index < -0.39 is 0 Å². The first-order chi connectivity index (χ1) is 10.1. The zero-order chi connectivity index (χ0) is 14.8. The van der Waals surface area contributed by atoms with Crippen molar-refractivity contribution in [2.24, 2.45) is 5.92 Å². The average Bonchev–Trinajstić information content (AvgIpc) is 2.48. The van der Waals surface area contributed by atoms with Crippen molar-refractivity contribution in [3.8, 4) is 0 Å². The summed E-state index contributed by atoms with van der Waals surface area (Å²) in [5, 5.41) is 7.39. The van der Waals surface area contributed by atoms with E-state index in [2.05, 4.69) is 23.6 Å². The van der Waals surface area contributed by atoms with E-state index in [1.54, 1.807) is 0 Å². The minimum Gasteiger partial charge on any atom is -0.349 e. The van der Waals surface area contributed by atoms with E-state index in [4.69, 9.17) is 11.6 Å². The van der Waals surface area contributed by atoms with E-state index >= 15 is 0 Å². The Morgan fingerprint density at radius 1 is 1.43 bits per heavy atom. The molecule has 5 heteroatoms. The molecule has 3 rings (SSSR count). The summed E-state index contributed by atoms with van der Waals surface area (Å²) in [5.74, 6) is 1.38. The molecule has 3 nitrogen and oxygen atoms in total. The van der Waals surface area contributed by atoms with Crippen LogP contribution in [0.5, 0.6) is 0 Å². The Kier molecular flexibility index (Phi) is 4.77. The Balaban J connectivity index is 1.71. The molecule has 0 aromatic heterocycles. The van der Waals surface area contributed by atoms with Crippen LogP contribution in [0, 0.1) is 5.92 Å². The topological polar surface area (TPSA) is 41.1 Å². The van der Waals surface area contributed by atoms with Gasteiger partial charge in [-0.15, -0.1) is 11.8 Å². The third-order valence-corrected chi connectivity index (χ3v) is 5.68. The molecule has 0 aliphatic carbocycles. The van der Waals surface area contributed by atoms with Crippen molar-refractivity contribution in [1.29, 1.82) is 0 Å². The number of hydrogen-bond donors (Lipinski definition) is 2. The molecule has 1 amide bonds. The summed E-state index contributed by atoms with van der Waals surface area (Å²) in [7, 11) is 0. The summed E-state index contributed by atoms with van der Waals surface area (Å²) < 4.78 is 0. The fourth-order valence-corrected chi connectivity index (χ4v) is 4.46. The fourth-order valence-electron chi connectivity index (χ4n) is 3.17. The number of hydrogen-bond acceptors (Lipinski definition) is 3. The number of rotatable bonds is 2. The van der Waals surface area contributed by atoms with Gasteiger partial charge in [-0.3, -0.25) is 4.79 Å². The van der Waals surface area contributed by atoms with Crippen LogP contribution in [0.2, 0.25) is 5.02 Å². The standard InChI is InChI=1S/C16H21ClN2OS/c1-10-8-11(4-6-18-10)16(20)19-14-5-7-21-15-3-2-12(17)9-13(14)15/h2-3,9-11,14,18H,4-8H2,1H3,(H,19,20). The monoisotopic (exact) mass is 324 g/mol. The highest BCUT2D eigenvalue weighted by Crippen LogP contribution is 2.37. The van der Waals surface area contributed by atoms with Crippen LogP contribution in [0.25, 0.3) is 0 Å². The molecular formula is C16H21ClN2OS. The van der Waals surface area contributed by atoms with Gasteiger partial charge in [0.15, 0.2) is 0 Å². The van der Waals surface area contributed by atoms with E-state index in [-0.39, 0.29) is 17.9 Å². The molecule has 0 radical (unpaired) electrons. The van der Waals surface area contributed by atoms with Gasteiger partial charge in [-0.05, 0) is 56.5 Å². The quantitative estimate of drug-likeness (QED) is 0.876. The van der Waals surface area contributed by atoms with Gasteiger partial charge in [0.1, 0.15) is 0 Å². The Bertz CT molecular complexity index is 537. The van der Waals surface area contributed by atoms with Crippen molar-refractivity contribution < 1.29 is 4.79 Å². The van der Waals surface area contributed by atoms with Crippen LogP contribution >= 0.6 is 23.4 Å². The highest BCUT2D eigenvalue weighted by molar-refractivity contribution is 7.99. The largest absolute Gasteiger partial charge is 0.349 e. The normalized spacial score (nSPS) is 28.8. The lowest BCUT2D eigenvalue weighted by atomic mass is 9.91. The summed E-state index contributed by atoms with van der Waals surface area (Å²) in [4.78, 5) is 13.8. The van der Waals surface area contributed by atoms with Crippen molar-refractivity contribution >= 4 is 29.3 Å². The average molecular weight is 325 g/mol. The van der Waals surface area contributed by atoms with E-state index in [9.17, 15) is 4.79 Å². The molecule has 0 spiro atoms. The van der Waals surface area contributed by atoms with E-state index in [0.29, 0.717) is 6.04 Å². The maximum Gasteiger partial charge on any atom is 0.223 e. The SMILES string of the molecule is CC1CC(C(=O)NC2CCSc3ccc(Cl)cc32)CCN1. The van der Waals surface area contributed by atoms with Gasteiger partial charge >= 0.3 is 0 Å². The van der Waals surface area contributed by atoms with Gasteiger partial charge in [0.05, 0.1) is 6.04 Å². The first-order valence-electron chi connectivity index (χ1n) is 7.59. The van der Waals surface area contributed by atoms with Gasteiger partial charge in [0, 0.05) is 27.6 Å². The Morgan fingerprint density at radius 3 is 3.10 bits per heavy atom. The molecule has 1 aromatic carbocycles. The van der Waals surface area contributed by atoms with Crippen LogP contribution in [0.3, 0.4) is 0 Å². The lowest BCUT2D eigenvalue weighted by molar-refractivity contribution is -0.126. The smallest absolute Gasteiger partial charge is 0.223 e. The van der Waals surface area contributed by atoms with Crippen LogP contribution < -0.4 is 10.6 Å². The number of nitrogens with one attached hydrogen (secondary N) is 2. The second kappa shape index (κ2) is 6.59. The highest BCUT2D eigenvalue weighted by Gasteiger charge is 2.28. The number of thioether (sulfide) groups is 1. The van der Waals surface area contributed by atoms with Gasteiger partial charge in [-0.25, -0.2) is 0 Å². The molecule has 2 aliphatic rings. The zero-order valence-corrected chi connectivity index (χ0v) is 13.8. The number of carbonyl (C=O) groups is 1. The molecule has 0 saturated carbocycles. The second-order valence-electron chi connectivity index (χ2n) is 5.96. The van der Waals surface area contributed by atoms with Crippen molar-refractivity contribution in [2.45, 2.75) is 43.2 Å². The number of benzene rings is 1. The first-order valence-corrected chi connectivity index (χ1v) is 8.96. The lowest BCUT2D eigenvalue weighted by Crippen LogP contribution is -2.43. The molecule has 1 fully saturated rings. The summed E-state index contributed by atoms with van der Waals surface area (Å²) in [6.45, 7) is 3.08. The van der Waals surface area contributed by atoms with Gasteiger partial charge in [-0.2, -0.15) is 0 Å². The third kappa shape index (κ3) is 3.55. The molecule has 3 atom stereocenters. The minimum atomic E-state index is 0.109. The predicted octanol–water partition coefficient (Wildman–Crippen LogP) is 3.38. The molecule has 2 N–H and O–H groups in total. The molecule has 1 aromatic rings. The summed E-state index contributed by atoms with van der Waals surface area (Å²) in [6, 6.07) is 6.52. The number of fused-ring (bicyclic) bond motifs is 1. The molecule has 2 aliphatic heterocycles. The van der Waals surface area contributed by atoms with Crippen molar-refractivity contribution in [3.05, 3.63) is 28.8 Å². The molecular weight excluding hydrogens is 304 g/mol. The van der Waals surface area contributed by atoms with Crippen LogP contribution in [0.1, 0.15) is 37.8 Å².